The Morgan fingerprint density at radius 2 is 1.97 bits per heavy atom. The number of anilines is 1. The normalized spacial score (nSPS) is 11.6. The molecule has 0 radical (unpaired) electrons. The summed E-state index contributed by atoms with van der Waals surface area (Å²) in [5.41, 5.74) is 3.41. The first kappa shape index (κ1) is 24.0. The molecule has 0 saturated heterocycles. The minimum absolute atomic E-state index is 0.0790. The van der Waals surface area contributed by atoms with Gasteiger partial charge in [-0.3, -0.25) is 5.43 Å². The van der Waals surface area contributed by atoms with Crippen LogP contribution in [0, 0.1) is 0 Å². The Hall–Kier alpha value is -3.70. The van der Waals surface area contributed by atoms with E-state index in [4.69, 9.17) is 13.9 Å². The molecule has 0 saturated carbocycles. The molecule has 1 aromatic carbocycles. The van der Waals surface area contributed by atoms with E-state index >= 15 is 0 Å². The number of hydrogen-bond acceptors (Lipinski definition) is 9. The zero-order valence-corrected chi connectivity index (χ0v) is 19.2. The molecule has 2 heterocycles. The standard InChI is InChI=1S/C22H24N4O6S/c1-4-26(5-2)33(28,29)17-9-11-21(23-15-17)25-24-14-16-8-10-18(20(13-16)30-3)32-22(27)19-7-6-12-31-19/h6-15H,4-5H2,1-3H3,(H,23,25). The smallest absolute Gasteiger partial charge is 0.379 e. The molecule has 0 bridgehead atoms. The van der Waals surface area contributed by atoms with E-state index < -0.39 is 16.0 Å². The van der Waals surface area contributed by atoms with Gasteiger partial charge in [0.15, 0.2) is 11.5 Å². The van der Waals surface area contributed by atoms with E-state index in [1.807, 2.05) is 0 Å². The Morgan fingerprint density at radius 1 is 1.18 bits per heavy atom. The molecule has 1 N–H and O–H groups in total. The van der Waals surface area contributed by atoms with Crippen LogP contribution in [0.2, 0.25) is 0 Å². The van der Waals surface area contributed by atoms with Gasteiger partial charge in [-0.15, -0.1) is 0 Å². The second kappa shape index (κ2) is 10.7. The van der Waals surface area contributed by atoms with Crippen LogP contribution in [-0.2, 0) is 10.0 Å². The van der Waals surface area contributed by atoms with Crippen LogP contribution >= 0.6 is 0 Å². The SMILES string of the molecule is CCN(CC)S(=O)(=O)c1ccc(NN=Cc2ccc(OC(=O)c3ccco3)c(OC)c2)nc1. The topological polar surface area (TPSA) is 123 Å². The number of hydrazone groups is 1. The number of methoxy groups -OCH3 is 1. The van der Waals surface area contributed by atoms with Crippen molar-refractivity contribution in [1.82, 2.24) is 9.29 Å². The van der Waals surface area contributed by atoms with Crippen molar-refractivity contribution in [1.29, 1.82) is 0 Å². The molecule has 0 atom stereocenters. The van der Waals surface area contributed by atoms with Crippen molar-refractivity contribution in [3.63, 3.8) is 0 Å². The Bertz CT molecular complexity index is 1200. The van der Waals surface area contributed by atoms with Gasteiger partial charge < -0.3 is 13.9 Å². The zero-order chi connectivity index (χ0) is 23.8. The van der Waals surface area contributed by atoms with Crippen molar-refractivity contribution >= 4 is 28.0 Å². The lowest BCUT2D eigenvalue weighted by Crippen LogP contribution is -2.30. The van der Waals surface area contributed by atoms with Gasteiger partial charge in [0.25, 0.3) is 0 Å². The number of carbonyl (C=O) groups excluding carboxylic acids is 1. The first-order valence-corrected chi connectivity index (χ1v) is 11.5. The highest BCUT2D eigenvalue weighted by Gasteiger charge is 2.21. The number of sulfonamides is 1. The van der Waals surface area contributed by atoms with Gasteiger partial charge >= 0.3 is 5.97 Å². The molecule has 0 aliphatic heterocycles. The maximum Gasteiger partial charge on any atom is 0.379 e. The molecule has 3 aromatic rings. The summed E-state index contributed by atoms with van der Waals surface area (Å²) >= 11 is 0. The van der Waals surface area contributed by atoms with Crippen molar-refractivity contribution in [3.8, 4) is 11.5 Å². The molecule has 0 amide bonds. The number of benzene rings is 1. The van der Waals surface area contributed by atoms with Crippen LogP contribution < -0.4 is 14.9 Å². The fraction of sp³-hybridized carbons (Fsp3) is 0.227. The van der Waals surface area contributed by atoms with Gasteiger partial charge in [-0.25, -0.2) is 18.2 Å². The van der Waals surface area contributed by atoms with Gasteiger partial charge in [-0.2, -0.15) is 9.41 Å². The number of nitrogens with zero attached hydrogens (tertiary/aromatic N) is 3. The number of esters is 1. The molecule has 0 aliphatic carbocycles. The summed E-state index contributed by atoms with van der Waals surface area (Å²) in [6.07, 6.45) is 4.19. The summed E-state index contributed by atoms with van der Waals surface area (Å²) in [7, 11) is -2.11. The maximum absolute atomic E-state index is 12.5. The van der Waals surface area contributed by atoms with Gasteiger partial charge in [0.1, 0.15) is 10.7 Å². The minimum atomic E-state index is -3.57. The molecular formula is C22H24N4O6S. The zero-order valence-electron chi connectivity index (χ0n) is 18.4. The number of nitrogens with one attached hydrogen (secondary N) is 1. The van der Waals surface area contributed by atoms with Gasteiger partial charge in [0.05, 0.1) is 19.6 Å². The van der Waals surface area contributed by atoms with Gasteiger partial charge in [-0.05, 0) is 48.0 Å². The Kier molecular flexibility index (Phi) is 7.80. The predicted molar refractivity (Wildman–Crippen MR) is 122 cm³/mol. The quantitative estimate of drug-likeness (QED) is 0.206. The van der Waals surface area contributed by atoms with E-state index in [2.05, 4.69) is 15.5 Å². The summed E-state index contributed by atoms with van der Waals surface area (Å²) in [4.78, 5) is 16.3. The number of rotatable bonds is 10. The summed E-state index contributed by atoms with van der Waals surface area (Å²) in [6.45, 7) is 4.33. The van der Waals surface area contributed by atoms with Crippen molar-refractivity contribution in [2.45, 2.75) is 18.7 Å². The molecule has 174 valence electrons. The van der Waals surface area contributed by atoms with Crippen LogP contribution in [0.4, 0.5) is 5.82 Å². The van der Waals surface area contributed by atoms with E-state index in [1.54, 1.807) is 38.1 Å². The number of ether oxygens (including phenoxy) is 2. The molecule has 2 aromatic heterocycles. The van der Waals surface area contributed by atoms with Crippen molar-refractivity contribution in [2.75, 3.05) is 25.6 Å². The lowest BCUT2D eigenvalue weighted by molar-refractivity contribution is 0.0696. The third-order valence-electron chi connectivity index (χ3n) is 4.58. The molecule has 3 rings (SSSR count). The molecule has 11 heteroatoms. The first-order chi connectivity index (χ1) is 15.9. The number of pyridine rings is 1. The van der Waals surface area contributed by atoms with Gasteiger partial charge in [0.2, 0.25) is 15.8 Å². The fourth-order valence-electron chi connectivity index (χ4n) is 2.88. The summed E-state index contributed by atoms with van der Waals surface area (Å²) < 4.78 is 42.0. The molecule has 0 fully saturated rings. The summed E-state index contributed by atoms with van der Waals surface area (Å²) in [5.74, 6) is 0.383. The average Bonchev–Trinajstić information content (AvgIpc) is 3.36. The van der Waals surface area contributed by atoms with E-state index in [0.717, 1.165) is 0 Å². The molecule has 0 unspecified atom stereocenters. The van der Waals surface area contributed by atoms with Crippen LogP contribution in [-0.4, -0.2) is 50.1 Å². The second-order valence-electron chi connectivity index (χ2n) is 6.62. The highest BCUT2D eigenvalue weighted by Crippen LogP contribution is 2.28. The number of hydrogen-bond donors (Lipinski definition) is 1. The Morgan fingerprint density at radius 3 is 2.58 bits per heavy atom. The highest BCUT2D eigenvalue weighted by molar-refractivity contribution is 7.89. The molecule has 10 nitrogen and oxygen atoms in total. The van der Waals surface area contributed by atoms with E-state index in [1.165, 1.54) is 48.3 Å². The number of aromatic nitrogens is 1. The van der Waals surface area contributed by atoms with Crippen LogP contribution in [0.3, 0.4) is 0 Å². The number of furan rings is 1. The second-order valence-corrected chi connectivity index (χ2v) is 8.55. The Balaban J connectivity index is 1.66. The van der Waals surface area contributed by atoms with Crippen LogP contribution in [0.15, 0.2) is 69.3 Å². The molecule has 33 heavy (non-hydrogen) atoms. The van der Waals surface area contributed by atoms with E-state index in [-0.39, 0.29) is 16.4 Å². The molecular weight excluding hydrogens is 448 g/mol. The third-order valence-corrected chi connectivity index (χ3v) is 6.62. The molecule has 0 spiro atoms. The maximum atomic E-state index is 12.5. The van der Waals surface area contributed by atoms with Crippen LogP contribution in [0.25, 0.3) is 0 Å². The summed E-state index contributed by atoms with van der Waals surface area (Å²) in [5, 5.41) is 4.10. The lowest BCUT2D eigenvalue weighted by atomic mass is 10.2. The monoisotopic (exact) mass is 472 g/mol. The van der Waals surface area contributed by atoms with Crippen molar-refractivity contribution in [3.05, 3.63) is 66.2 Å². The lowest BCUT2D eigenvalue weighted by Gasteiger charge is -2.18. The van der Waals surface area contributed by atoms with E-state index in [0.29, 0.717) is 30.2 Å². The predicted octanol–water partition coefficient (Wildman–Crippen LogP) is 3.38. The van der Waals surface area contributed by atoms with Crippen molar-refractivity contribution < 1.29 is 27.1 Å². The Labute approximate surface area is 191 Å². The number of carbonyl (C=O) groups is 1. The largest absolute Gasteiger partial charge is 0.493 e. The van der Waals surface area contributed by atoms with Crippen LogP contribution in [0.5, 0.6) is 11.5 Å². The molecule has 0 aliphatic rings. The first-order valence-electron chi connectivity index (χ1n) is 10.1. The van der Waals surface area contributed by atoms with Gasteiger partial charge in [-0.1, -0.05) is 13.8 Å². The van der Waals surface area contributed by atoms with Gasteiger partial charge in [0, 0.05) is 19.3 Å². The van der Waals surface area contributed by atoms with E-state index in [9.17, 15) is 13.2 Å². The summed E-state index contributed by atoms with van der Waals surface area (Å²) in [6, 6.07) is 11.0. The highest BCUT2D eigenvalue weighted by atomic mass is 32.2. The average molecular weight is 473 g/mol. The third kappa shape index (κ3) is 5.76. The minimum Gasteiger partial charge on any atom is -0.493 e. The van der Waals surface area contributed by atoms with Crippen molar-refractivity contribution in [2.24, 2.45) is 5.10 Å². The fourth-order valence-corrected chi connectivity index (χ4v) is 4.28. The van der Waals surface area contributed by atoms with Crippen LogP contribution in [0.1, 0.15) is 30.0 Å².